The molecule has 2 aromatic carbocycles. The van der Waals surface area contributed by atoms with Gasteiger partial charge < -0.3 is 0 Å². The van der Waals surface area contributed by atoms with E-state index in [4.69, 9.17) is 10.4 Å². The maximum atomic E-state index is 12.5. The predicted octanol–water partition coefficient (Wildman–Crippen LogP) is 2.86. The van der Waals surface area contributed by atoms with Crippen LogP contribution in [0.4, 0.5) is 18.9 Å². The number of nitriles is 1. The molecule has 5 nitrogen and oxygen atoms in total. The summed E-state index contributed by atoms with van der Waals surface area (Å²) in [5.74, 6) is 0. The molecular weight excluding hydrogens is 331 g/mol. The van der Waals surface area contributed by atoms with Gasteiger partial charge in [-0.05, 0) is 35.4 Å². The molecule has 120 valence electrons. The topological polar surface area (TPSA) is 96.0 Å². The largest absolute Gasteiger partial charge is 0.416 e. The molecule has 0 amide bonds. The minimum Gasteiger partial charge on any atom is -0.270 e. The van der Waals surface area contributed by atoms with E-state index in [1.54, 1.807) is 6.07 Å². The molecule has 0 aliphatic heterocycles. The van der Waals surface area contributed by atoms with Crippen molar-refractivity contribution < 1.29 is 21.6 Å². The number of nitrogens with two attached hydrogens (primary N) is 1. The Balaban J connectivity index is 2.40. The number of hydrogen-bond donors (Lipinski definition) is 2. The van der Waals surface area contributed by atoms with Gasteiger partial charge in [-0.1, -0.05) is 18.2 Å². The van der Waals surface area contributed by atoms with Crippen molar-refractivity contribution in [3.63, 3.8) is 0 Å². The fourth-order valence-corrected chi connectivity index (χ4v) is 2.39. The van der Waals surface area contributed by atoms with Gasteiger partial charge >= 0.3 is 6.18 Å². The third kappa shape index (κ3) is 4.21. The van der Waals surface area contributed by atoms with Gasteiger partial charge in [-0.25, -0.2) is 5.14 Å². The van der Waals surface area contributed by atoms with E-state index < -0.39 is 21.9 Å². The van der Waals surface area contributed by atoms with E-state index >= 15 is 0 Å². The second kappa shape index (κ2) is 5.91. The van der Waals surface area contributed by atoms with Gasteiger partial charge in [-0.2, -0.15) is 26.9 Å². The molecule has 9 heteroatoms. The normalized spacial score (nSPS) is 11.8. The van der Waals surface area contributed by atoms with E-state index in [0.29, 0.717) is 11.1 Å². The van der Waals surface area contributed by atoms with Crippen molar-refractivity contribution in [3.05, 3.63) is 53.6 Å². The van der Waals surface area contributed by atoms with Crippen LogP contribution in [0.1, 0.15) is 11.1 Å². The van der Waals surface area contributed by atoms with Gasteiger partial charge in [-0.15, -0.1) is 0 Å². The third-order valence-electron chi connectivity index (χ3n) is 2.94. The van der Waals surface area contributed by atoms with Crippen molar-refractivity contribution in [3.8, 4) is 17.2 Å². The molecule has 0 saturated heterocycles. The van der Waals surface area contributed by atoms with Gasteiger partial charge in [0.2, 0.25) is 0 Å². The van der Waals surface area contributed by atoms with Gasteiger partial charge in [0.25, 0.3) is 10.2 Å². The number of nitrogens with one attached hydrogen (secondary N) is 1. The summed E-state index contributed by atoms with van der Waals surface area (Å²) in [5.41, 5.74) is 0.128. The Morgan fingerprint density at radius 2 is 1.61 bits per heavy atom. The summed E-state index contributed by atoms with van der Waals surface area (Å²) in [6.45, 7) is 0. The maximum Gasteiger partial charge on any atom is 0.416 e. The van der Waals surface area contributed by atoms with Crippen LogP contribution in [-0.4, -0.2) is 8.42 Å². The molecule has 0 fully saturated rings. The maximum absolute atomic E-state index is 12.5. The zero-order valence-electron chi connectivity index (χ0n) is 11.4. The second-order valence-electron chi connectivity index (χ2n) is 4.59. The highest BCUT2D eigenvalue weighted by Crippen LogP contribution is 2.31. The molecule has 0 aliphatic rings. The number of alkyl halides is 3. The molecule has 0 radical (unpaired) electrons. The van der Waals surface area contributed by atoms with Gasteiger partial charge in [0.15, 0.2) is 0 Å². The lowest BCUT2D eigenvalue weighted by Gasteiger charge is -2.10. The van der Waals surface area contributed by atoms with Crippen LogP contribution >= 0.6 is 0 Å². The second-order valence-corrected chi connectivity index (χ2v) is 5.89. The fourth-order valence-electron chi connectivity index (χ4n) is 1.91. The zero-order valence-corrected chi connectivity index (χ0v) is 12.2. The van der Waals surface area contributed by atoms with Crippen molar-refractivity contribution in [1.29, 1.82) is 5.26 Å². The standard InChI is InChI=1S/C14H10F3N3O2S/c15-14(16,17)12-4-1-9(2-5-12)10-3-6-13(11(7-10)8-18)20-23(19,21)22/h1-7,20H,(H2,19,21,22). The Bertz CT molecular complexity index is 870. The molecule has 0 unspecified atom stereocenters. The van der Waals surface area contributed by atoms with Crippen LogP contribution < -0.4 is 9.86 Å². The molecule has 0 aliphatic carbocycles. The van der Waals surface area contributed by atoms with E-state index in [-0.39, 0.29) is 11.3 Å². The van der Waals surface area contributed by atoms with Gasteiger partial charge in [-0.3, -0.25) is 4.72 Å². The lowest BCUT2D eigenvalue weighted by Crippen LogP contribution is -2.22. The monoisotopic (exact) mass is 341 g/mol. The summed E-state index contributed by atoms with van der Waals surface area (Å²) in [6.07, 6.45) is -4.43. The smallest absolute Gasteiger partial charge is 0.270 e. The molecule has 0 aromatic heterocycles. The molecule has 0 heterocycles. The quantitative estimate of drug-likeness (QED) is 0.898. The van der Waals surface area contributed by atoms with Gasteiger partial charge in [0.05, 0.1) is 16.8 Å². The first kappa shape index (κ1) is 16.8. The van der Waals surface area contributed by atoms with E-state index in [2.05, 4.69) is 0 Å². The van der Waals surface area contributed by atoms with Crippen LogP contribution in [0.25, 0.3) is 11.1 Å². The lowest BCUT2D eigenvalue weighted by atomic mass is 10.0. The van der Waals surface area contributed by atoms with Gasteiger partial charge in [0, 0.05) is 0 Å². The van der Waals surface area contributed by atoms with Crippen molar-refractivity contribution in [2.24, 2.45) is 5.14 Å². The number of nitrogens with zero attached hydrogens (tertiary/aromatic N) is 1. The third-order valence-corrected chi connectivity index (χ3v) is 3.44. The Hall–Kier alpha value is -2.57. The SMILES string of the molecule is N#Cc1cc(-c2ccc(C(F)(F)F)cc2)ccc1NS(N)(=O)=O. The minimum atomic E-state index is -4.43. The number of benzene rings is 2. The highest BCUT2D eigenvalue weighted by molar-refractivity contribution is 7.90. The van der Waals surface area contributed by atoms with Crippen molar-refractivity contribution >= 4 is 15.9 Å². The molecule has 0 atom stereocenters. The Morgan fingerprint density at radius 1 is 1.04 bits per heavy atom. The average Bonchev–Trinajstić information content (AvgIpc) is 2.45. The number of rotatable bonds is 3. The molecule has 0 saturated carbocycles. The van der Waals surface area contributed by atoms with Crippen LogP contribution in [-0.2, 0) is 16.4 Å². The average molecular weight is 341 g/mol. The first-order valence-electron chi connectivity index (χ1n) is 6.12. The van der Waals surface area contributed by atoms with Crippen molar-refractivity contribution in [2.75, 3.05) is 4.72 Å². The van der Waals surface area contributed by atoms with E-state index in [1.165, 1.54) is 30.3 Å². The van der Waals surface area contributed by atoms with Crippen LogP contribution in [0.15, 0.2) is 42.5 Å². The molecule has 23 heavy (non-hydrogen) atoms. The zero-order chi connectivity index (χ0) is 17.3. The highest BCUT2D eigenvalue weighted by atomic mass is 32.2. The van der Waals surface area contributed by atoms with Crippen molar-refractivity contribution in [1.82, 2.24) is 0 Å². The predicted molar refractivity (Wildman–Crippen MR) is 78.3 cm³/mol. The number of anilines is 1. The van der Waals surface area contributed by atoms with Gasteiger partial charge in [0.1, 0.15) is 6.07 Å². The lowest BCUT2D eigenvalue weighted by molar-refractivity contribution is -0.137. The highest BCUT2D eigenvalue weighted by Gasteiger charge is 2.29. The molecule has 2 rings (SSSR count). The number of halogens is 3. The Labute approximate surface area is 130 Å². The summed E-state index contributed by atoms with van der Waals surface area (Å²) in [4.78, 5) is 0. The molecule has 2 aromatic rings. The van der Waals surface area contributed by atoms with Crippen molar-refractivity contribution in [2.45, 2.75) is 6.18 Å². The van der Waals surface area contributed by atoms with Crippen LogP contribution in [0.2, 0.25) is 0 Å². The van der Waals surface area contributed by atoms with Crippen LogP contribution in [0.5, 0.6) is 0 Å². The fraction of sp³-hybridized carbons (Fsp3) is 0.0714. The van der Waals surface area contributed by atoms with E-state index in [0.717, 1.165) is 12.1 Å². The van der Waals surface area contributed by atoms with Crippen LogP contribution in [0.3, 0.4) is 0 Å². The van der Waals surface area contributed by atoms with E-state index in [1.807, 2.05) is 4.72 Å². The summed E-state index contributed by atoms with van der Waals surface area (Å²) in [7, 11) is -4.04. The summed E-state index contributed by atoms with van der Waals surface area (Å²) in [6, 6.07) is 10.3. The first-order valence-corrected chi connectivity index (χ1v) is 7.67. The summed E-state index contributed by atoms with van der Waals surface area (Å²) >= 11 is 0. The summed E-state index contributed by atoms with van der Waals surface area (Å²) < 4.78 is 61.6. The molecular formula is C14H10F3N3O2S. The molecule has 3 N–H and O–H groups in total. The molecule has 0 bridgehead atoms. The Kier molecular flexibility index (Phi) is 4.31. The van der Waals surface area contributed by atoms with E-state index in [9.17, 15) is 21.6 Å². The Morgan fingerprint density at radius 3 is 2.09 bits per heavy atom. The number of hydrogen-bond acceptors (Lipinski definition) is 3. The summed E-state index contributed by atoms with van der Waals surface area (Å²) in [5, 5.41) is 13.9. The first-order chi connectivity index (χ1) is 10.6. The minimum absolute atomic E-state index is 0.00331. The molecule has 0 spiro atoms. The van der Waals surface area contributed by atoms with Crippen LogP contribution in [0, 0.1) is 11.3 Å².